The maximum absolute atomic E-state index is 11.4. The fourth-order valence-corrected chi connectivity index (χ4v) is 1.18. The highest BCUT2D eigenvalue weighted by molar-refractivity contribution is 6.39. The molecule has 0 aliphatic carbocycles. The first-order valence-electron chi connectivity index (χ1n) is 5.01. The summed E-state index contributed by atoms with van der Waals surface area (Å²) in [5.41, 5.74) is 0.478. The quantitative estimate of drug-likeness (QED) is 0.699. The highest BCUT2D eigenvalue weighted by atomic mass is 35.5. The lowest BCUT2D eigenvalue weighted by Gasteiger charge is -2.10. The molecule has 1 unspecified atom stereocenters. The number of aliphatic hydroxyl groups is 1. The summed E-state index contributed by atoms with van der Waals surface area (Å²) in [6, 6.07) is 5.92. The second kappa shape index (κ2) is 6.22. The molecule has 0 aromatic heterocycles. The molecule has 0 aliphatic heterocycles. The fourth-order valence-electron chi connectivity index (χ4n) is 1.06. The van der Waals surface area contributed by atoms with Crippen LogP contribution in [0.2, 0.25) is 5.02 Å². The Morgan fingerprint density at radius 3 is 2.41 bits per heavy atom. The number of hydrogen-bond acceptors (Lipinski definition) is 3. The van der Waals surface area contributed by atoms with Crippen LogP contribution in [-0.4, -0.2) is 29.6 Å². The number of anilines is 1. The Morgan fingerprint density at radius 2 is 1.88 bits per heavy atom. The van der Waals surface area contributed by atoms with Gasteiger partial charge in [0, 0.05) is 16.8 Å². The monoisotopic (exact) mass is 256 g/mol. The lowest BCUT2D eigenvalue weighted by Crippen LogP contribution is -2.42. The normalized spacial score (nSPS) is 11.7. The molecule has 1 aromatic carbocycles. The molecule has 1 atom stereocenters. The number of nitrogens with one attached hydrogen (secondary N) is 2. The van der Waals surface area contributed by atoms with E-state index in [1.807, 2.05) is 0 Å². The molecule has 0 bridgehead atoms. The molecule has 92 valence electrons. The first-order valence-corrected chi connectivity index (χ1v) is 5.39. The van der Waals surface area contributed by atoms with E-state index >= 15 is 0 Å². The van der Waals surface area contributed by atoms with E-state index in [-0.39, 0.29) is 6.61 Å². The molecule has 0 fully saturated rings. The van der Waals surface area contributed by atoms with Crippen LogP contribution < -0.4 is 10.6 Å². The molecule has 6 heteroatoms. The van der Waals surface area contributed by atoms with Crippen LogP contribution in [0, 0.1) is 0 Å². The van der Waals surface area contributed by atoms with Gasteiger partial charge in [-0.25, -0.2) is 0 Å². The van der Waals surface area contributed by atoms with E-state index in [2.05, 4.69) is 10.6 Å². The number of halogens is 1. The summed E-state index contributed by atoms with van der Waals surface area (Å²) in [5.74, 6) is -1.57. The summed E-state index contributed by atoms with van der Waals surface area (Å²) in [6.07, 6.45) is 0. The Balaban J connectivity index is 2.54. The largest absolute Gasteiger partial charge is 0.394 e. The zero-order valence-electron chi connectivity index (χ0n) is 9.24. The van der Waals surface area contributed by atoms with E-state index in [4.69, 9.17) is 16.7 Å². The van der Waals surface area contributed by atoms with Gasteiger partial charge in [-0.2, -0.15) is 0 Å². The molecule has 5 nitrogen and oxygen atoms in total. The molecule has 3 N–H and O–H groups in total. The van der Waals surface area contributed by atoms with Crippen molar-refractivity contribution in [2.45, 2.75) is 13.0 Å². The molecular formula is C11H13ClN2O3. The SMILES string of the molecule is CC(CO)NC(=O)C(=O)Nc1ccc(Cl)cc1. The smallest absolute Gasteiger partial charge is 0.313 e. The minimum atomic E-state index is -0.790. The molecule has 2 amide bonds. The van der Waals surface area contributed by atoms with Crippen molar-refractivity contribution >= 4 is 29.1 Å². The van der Waals surface area contributed by atoms with Gasteiger partial charge < -0.3 is 15.7 Å². The highest BCUT2D eigenvalue weighted by Crippen LogP contribution is 2.13. The Morgan fingerprint density at radius 1 is 1.29 bits per heavy atom. The first-order chi connectivity index (χ1) is 8.02. The Hall–Kier alpha value is -1.59. The van der Waals surface area contributed by atoms with Crippen molar-refractivity contribution in [3.8, 4) is 0 Å². The minimum Gasteiger partial charge on any atom is -0.394 e. The minimum absolute atomic E-state index is 0.222. The van der Waals surface area contributed by atoms with Crippen LogP contribution in [0.5, 0.6) is 0 Å². The Bertz CT molecular complexity index is 406. The van der Waals surface area contributed by atoms with Crippen molar-refractivity contribution in [2.24, 2.45) is 0 Å². The van der Waals surface area contributed by atoms with Crippen molar-refractivity contribution in [3.63, 3.8) is 0 Å². The topological polar surface area (TPSA) is 78.4 Å². The van der Waals surface area contributed by atoms with Crippen LogP contribution >= 0.6 is 11.6 Å². The molecule has 0 radical (unpaired) electrons. The van der Waals surface area contributed by atoms with E-state index in [1.54, 1.807) is 31.2 Å². The third-order valence-electron chi connectivity index (χ3n) is 1.96. The zero-order chi connectivity index (χ0) is 12.8. The molecule has 0 spiro atoms. The molecule has 1 rings (SSSR count). The van der Waals surface area contributed by atoms with Crippen LogP contribution in [0.25, 0.3) is 0 Å². The summed E-state index contributed by atoms with van der Waals surface area (Å²) >= 11 is 5.68. The lowest BCUT2D eigenvalue weighted by molar-refractivity contribution is -0.136. The second-order valence-corrected chi connectivity index (χ2v) is 3.95. The number of aliphatic hydroxyl groups excluding tert-OH is 1. The third kappa shape index (κ3) is 4.42. The number of hydrogen-bond donors (Lipinski definition) is 3. The molecule has 0 heterocycles. The molecular weight excluding hydrogens is 244 g/mol. The number of carbonyl (C=O) groups is 2. The molecule has 1 aromatic rings. The van der Waals surface area contributed by atoms with E-state index in [1.165, 1.54) is 0 Å². The van der Waals surface area contributed by atoms with Gasteiger partial charge >= 0.3 is 11.8 Å². The molecule has 0 saturated heterocycles. The summed E-state index contributed by atoms with van der Waals surface area (Å²) < 4.78 is 0. The van der Waals surface area contributed by atoms with Crippen LogP contribution in [0.4, 0.5) is 5.69 Å². The zero-order valence-corrected chi connectivity index (χ0v) is 9.99. The Labute approximate surface area is 104 Å². The number of benzene rings is 1. The lowest BCUT2D eigenvalue weighted by atomic mass is 10.3. The summed E-state index contributed by atoms with van der Waals surface area (Å²) in [5, 5.41) is 14.0. The van der Waals surface area contributed by atoms with Crippen molar-refractivity contribution < 1.29 is 14.7 Å². The maximum atomic E-state index is 11.4. The van der Waals surface area contributed by atoms with Gasteiger partial charge in [-0.3, -0.25) is 9.59 Å². The van der Waals surface area contributed by atoms with Gasteiger partial charge in [-0.05, 0) is 31.2 Å². The average molecular weight is 257 g/mol. The summed E-state index contributed by atoms with van der Waals surface area (Å²) in [6.45, 7) is 1.37. The average Bonchev–Trinajstić information content (AvgIpc) is 2.31. The Kier molecular flexibility index (Phi) is 4.93. The van der Waals surface area contributed by atoms with E-state index in [9.17, 15) is 9.59 Å². The van der Waals surface area contributed by atoms with Gasteiger partial charge in [0.2, 0.25) is 0 Å². The number of rotatable bonds is 3. The van der Waals surface area contributed by atoms with E-state index < -0.39 is 17.9 Å². The highest BCUT2D eigenvalue weighted by Gasteiger charge is 2.15. The predicted molar refractivity (Wildman–Crippen MR) is 64.8 cm³/mol. The van der Waals surface area contributed by atoms with Crippen LogP contribution in [-0.2, 0) is 9.59 Å². The molecule has 0 aliphatic rings. The van der Waals surface area contributed by atoms with Crippen molar-refractivity contribution in [1.82, 2.24) is 5.32 Å². The van der Waals surface area contributed by atoms with Crippen molar-refractivity contribution in [1.29, 1.82) is 0 Å². The second-order valence-electron chi connectivity index (χ2n) is 3.52. The van der Waals surface area contributed by atoms with Gasteiger partial charge in [0.15, 0.2) is 0 Å². The van der Waals surface area contributed by atoms with E-state index in [0.29, 0.717) is 10.7 Å². The fraction of sp³-hybridized carbons (Fsp3) is 0.273. The van der Waals surface area contributed by atoms with Crippen LogP contribution in [0.1, 0.15) is 6.92 Å². The van der Waals surface area contributed by atoms with E-state index in [0.717, 1.165) is 0 Å². The van der Waals surface area contributed by atoms with Gasteiger partial charge in [-0.15, -0.1) is 0 Å². The molecule has 17 heavy (non-hydrogen) atoms. The standard InChI is InChI=1S/C11H13ClN2O3/c1-7(6-15)13-10(16)11(17)14-9-4-2-8(12)3-5-9/h2-5,7,15H,6H2,1H3,(H,13,16)(H,14,17). The number of carbonyl (C=O) groups excluding carboxylic acids is 2. The van der Waals surface area contributed by atoms with Crippen molar-refractivity contribution in [2.75, 3.05) is 11.9 Å². The van der Waals surface area contributed by atoms with Gasteiger partial charge in [0.1, 0.15) is 0 Å². The maximum Gasteiger partial charge on any atom is 0.313 e. The predicted octanol–water partition coefficient (Wildman–Crippen LogP) is 0.775. The van der Waals surface area contributed by atoms with Gasteiger partial charge in [0.25, 0.3) is 0 Å². The first kappa shape index (κ1) is 13.5. The van der Waals surface area contributed by atoms with Crippen LogP contribution in [0.3, 0.4) is 0 Å². The van der Waals surface area contributed by atoms with Crippen LogP contribution in [0.15, 0.2) is 24.3 Å². The van der Waals surface area contributed by atoms with Gasteiger partial charge in [0.05, 0.1) is 6.61 Å². The van der Waals surface area contributed by atoms with Gasteiger partial charge in [-0.1, -0.05) is 11.6 Å². The third-order valence-corrected chi connectivity index (χ3v) is 2.21. The number of amides is 2. The molecule has 0 saturated carbocycles. The summed E-state index contributed by atoms with van der Waals surface area (Å²) in [7, 11) is 0. The van der Waals surface area contributed by atoms with Crippen molar-refractivity contribution in [3.05, 3.63) is 29.3 Å². The summed E-state index contributed by atoms with van der Waals surface area (Å²) in [4.78, 5) is 22.7.